The van der Waals surface area contributed by atoms with Gasteiger partial charge in [-0.2, -0.15) is 5.10 Å². The highest BCUT2D eigenvalue weighted by Gasteiger charge is 2.32. The predicted molar refractivity (Wildman–Crippen MR) is 103 cm³/mol. The molecule has 0 radical (unpaired) electrons. The van der Waals surface area contributed by atoms with Crippen LogP contribution in [0.2, 0.25) is 0 Å². The van der Waals surface area contributed by atoms with Gasteiger partial charge in [0.25, 0.3) is 0 Å². The molecule has 0 aliphatic heterocycles. The highest BCUT2D eigenvalue weighted by Crippen LogP contribution is 2.42. The van der Waals surface area contributed by atoms with Gasteiger partial charge in [0, 0.05) is 5.56 Å². The van der Waals surface area contributed by atoms with Crippen molar-refractivity contribution in [2.24, 2.45) is 0 Å². The molecule has 0 aliphatic rings. The number of rotatable bonds is 4. The Labute approximate surface area is 168 Å². The lowest BCUT2D eigenvalue weighted by atomic mass is 10.0. The number of halogens is 1. The van der Waals surface area contributed by atoms with Gasteiger partial charge in [0.05, 0.1) is 24.4 Å². The smallest absolute Gasteiger partial charge is 0.357 e. The number of aromatic hydroxyl groups is 2. The Hall–Kier alpha value is -3.33. The monoisotopic (exact) mass is 446 g/mol. The van der Waals surface area contributed by atoms with Crippen LogP contribution in [0.25, 0.3) is 16.9 Å². The zero-order valence-electron chi connectivity index (χ0n) is 14.8. The standard InChI is InChI=1S/C19H15BrN2O6/c1-27-18(25)13-14(11-8-9-12(20)17(24)16(11)23)21-22(15(13)19(26)28-2)10-6-4-3-5-7-10/h3-9,23-24H,1-2H3. The first-order valence-corrected chi connectivity index (χ1v) is 8.75. The minimum atomic E-state index is -0.848. The Bertz CT molecular complexity index is 1060. The number of hydrogen-bond acceptors (Lipinski definition) is 7. The summed E-state index contributed by atoms with van der Waals surface area (Å²) < 4.78 is 11.1. The number of para-hydroxylation sites is 1. The number of benzene rings is 2. The van der Waals surface area contributed by atoms with Crippen LogP contribution in [0.3, 0.4) is 0 Å². The van der Waals surface area contributed by atoms with Gasteiger partial charge in [-0.3, -0.25) is 0 Å². The molecule has 3 rings (SSSR count). The number of phenolic OH excluding ortho intramolecular Hbond substituents is 2. The lowest BCUT2D eigenvalue weighted by Gasteiger charge is -2.07. The summed E-state index contributed by atoms with van der Waals surface area (Å²) in [6.07, 6.45) is 0. The van der Waals surface area contributed by atoms with Crippen LogP contribution in [0.1, 0.15) is 20.8 Å². The van der Waals surface area contributed by atoms with Crippen LogP contribution in [-0.2, 0) is 9.47 Å². The highest BCUT2D eigenvalue weighted by molar-refractivity contribution is 9.10. The van der Waals surface area contributed by atoms with Crippen molar-refractivity contribution in [3.63, 3.8) is 0 Å². The zero-order valence-corrected chi connectivity index (χ0v) is 16.4. The molecule has 1 aromatic heterocycles. The second-order valence-corrected chi connectivity index (χ2v) is 6.45. The van der Waals surface area contributed by atoms with Gasteiger partial charge in [-0.05, 0) is 40.2 Å². The van der Waals surface area contributed by atoms with Gasteiger partial charge in [-0.15, -0.1) is 0 Å². The summed E-state index contributed by atoms with van der Waals surface area (Å²) in [5.41, 5.74) is 0.116. The Morgan fingerprint density at radius 2 is 1.61 bits per heavy atom. The van der Waals surface area contributed by atoms with E-state index in [-0.39, 0.29) is 27.0 Å². The molecule has 0 amide bonds. The summed E-state index contributed by atoms with van der Waals surface area (Å²) >= 11 is 3.10. The number of esters is 2. The van der Waals surface area contributed by atoms with Crippen LogP contribution < -0.4 is 0 Å². The van der Waals surface area contributed by atoms with Gasteiger partial charge in [0.2, 0.25) is 0 Å². The number of ether oxygens (including phenoxy) is 2. The fraction of sp³-hybridized carbons (Fsp3) is 0.105. The van der Waals surface area contributed by atoms with Crippen molar-refractivity contribution in [3.8, 4) is 28.4 Å². The lowest BCUT2D eigenvalue weighted by molar-refractivity contribution is 0.0549. The van der Waals surface area contributed by atoms with E-state index in [9.17, 15) is 19.8 Å². The number of carbonyl (C=O) groups excluding carboxylic acids is 2. The van der Waals surface area contributed by atoms with Gasteiger partial charge >= 0.3 is 11.9 Å². The van der Waals surface area contributed by atoms with Crippen LogP contribution in [-0.4, -0.2) is 46.2 Å². The summed E-state index contributed by atoms with van der Waals surface area (Å²) in [7, 11) is 2.33. The van der Waals surface area contributed by atoms with Crippen molar-refractivity contribution in [3.05, 3.63) is 58.2 Å². The SMILES string of the molecule is COC(=O)c1c(-c2ccc(Br)c(O)c2O)nn(-c2ccccc2)c1C(=O)OC. The first-order chi connectivity index (χ1) is 13.4. The predicted octanol–water partition coefficient (Wildman–Crippen LogP) is 3.29. The first-order valence-electron chi connectivity index (χ1n) is 7.96. The van der Waals surface area contributed by atoms with Crippen molar-refractivity contribution in [1.82, 2.24) is 9.78 Å². The van der Waals surface area contributed by atoms with Crippen molar-refractivity contribution >= 4 is 27.9 Å². The van der Waals surface area contributed by atoms with E-state index < -0.39 is 23.4 Å². The maximum absolute atomic E-state index is 12.5. The van der Waals surface area contributed by atoms with E-state index in [1.807, 2.05) is 0 Å². The molecule has 0 aliphatic carbocycles. The molecule has 0 saturated carbocycles. The number of aromatic nitrogens is 2. The molecular formula is C19H15BrN2O6. The largest absolute Gasteiger partial charge is 0.504 e. The van der Waals surface area contributed by atoms with Crippen LogP contribution in [0, 0.1) is 0 Å². The number of hydrogen-bond donors (Lipinski definition) is 2. The number of nitrogens with zero attached hydrogens (tertiary/aromatic N) is 2. The van der Waals surface area contributed by atoms with Gasteiger partial charge in [-0.25, -0.2) is 14.3 Å². The molecule has 0 fully saturated rings. The maximum Gasteiger partial charge on any atom is 0.357 e. The average molecular weight is 447 g/mol. The molecular weight excluding hydrogens is 432 g/mol. The molecule has 2 aromatic carbocycles. The highest BCUT2D eigenvalue weighted by atomic mass is 79.9. The second-order valence-electron chi connectivity index (χ2n) is 5.59. The van der Waals surface area contributed by atoms with Gasteiger partial charge in [0.1, 0.15) is 11.3 Å². The molecule has 0 spiro atoms. The van der Waals surface area contributed by atoms with E-state index in [4.69, 9.17) is 9.47 Å². The average Bonchev–Trinajstić information content (AvgIpc) is 3.12. The Kier molecular flexibility index (Phi) is 5.36. The summed E-state index contributed by atoms with van der Waals surface area (Å²) in [6, 6.07) is 11.5. The molecule has 0 atom stereocenters. The van der Waals surface area contributed by atoms with E-state index in [2.05, 4.69) is 21.0 Å². The summed E-state index contributed by atoms with van der Waals surface area (Å²) in [4.78, 5) is 25.0. The van der Waals surface area contributed by atoms with Crippen LogP contribution in [0.4, 0.5) is 0 Å². The fourth-order valence-electron chi connectivity index (χ4n) is 2.69. The minimum absolute atomic E-state index is 0.0425. The van der Waals surface area contributed by atoms with Gasteiger partial charge in [-0.1, -0.05) is 18.2 Å². The van der Waals surface area contributed by atoms with E-state index in [1.54, 1.807) is 30.3 Å². The van der Waals surface area contributed by atoms with Crippen molar-refractivity contribution < 1.29 is 29.3 Å². The third-order valence-electron chi connectivity index (χ3n) is 4.01. The third-order valence-corrected chi connectivity index (χ3v) is 4.65. The molecule has 3 aromatic rings. The molecule has 28 heavy (non-hydrogen) atoms. The minimum Gasteiger partial charge on any atom is -0.504 e. The summed E-state index contributed by atoms with van der Waals surface area (Å²) in [5.74, 6) is -2.60. The maximum atomic E-state index is 12.5. The molecule has 0 bridgehead atoms. The number of methoxy groups -OCH3 is 2. The number of carbonyl (C=O) groups is 2. The molecule has 144 valence electrons. The van der Waals surface area contributed by atoms with Gasteiger partial charge in [0.15, 0.2) is 17.2 Å². The number of phenols is 2. The van der Waals surface area contributed by atoms with Crippen molar-refractivity contribution in [2.75, 3.05) is 14.2 Å². The molecule has 2 N–H and O–H groups in total. The Morgan fingerprint density at radius 1 is 0.964 bits per heavy atom. The van der Waals surface area contributed by atoms with E-state index in [1.165, 1.54) is 23.9 Å². The van der Waals surface area contributed by atoms with Crippen LogP contribution >= 0.6 is 15.9 Å². The summed E-state index contributed by atoms with van der Waals surface area (Å²) in [5, 5.41) is 24.8. The summed E-state index contributed by atoms with van der Waals surface area (Å²) in [6.45, 7) is 0. The topological polar surface area (TPSA) is 111 Å². The van der Waals surface area contributed by atoms with Crippen molar-refractivity contribution in [1.29, 1.82) is 0 Å². The zero-order chi connectivity index (χ0) is 20.4. The third kappa shape index (κ3) is 3.20. The van der Waals surface area contributed by atoms with E-state index in [0.717, 1.165) is 7.11 Å². The van der Waals surface area contributed by atoms with E-state index >= 15 is 0 Å². The normalized spacial score (nSPS) is 10.5. The molecule has 8 nitrogen and oxygen atoms in total. The fourth-order valence-corrected chi connectivity index (χ4v) is 3.01. The molecule has 0 unspecified atom stereocenters. The van der Waals surface area contributed by atoms with Gasteiger partial charge < -0.3 is 19.7 Å². The molecule has 9 heteroatoms. The Morgan fingerprint density at radius 3 is 2.21 bits per heavy atom. The van der Waals surface area contributed by atoms with Crippen LogP contribution in [0.5, 0.6) is 11.5 Å². The quantitative estimate of drug-likeness (QED) is 0.467. The van der Waals surface area contributed by atoms with Crippen molar-refractivity contribution in [2.45, 2.75) is 0 Å². The first kappa shape index (κ1) is 19.4. The Balaban J connectivity index is 2.41. The molecule has 0 saturated heterocycles. The lowest BCUT2D eigenvalue weighted by Crippen LogP contribution is -2.15. The van der Waals surface area contributed by atoms with E-state index in [0.29, 0.717) is 5.69 Å². The molecule has 1 heterocycles. The second kappa shape index (κ2) is 7.73. The van der Waals surface area contributed by atoms with Crippen LogP contribution in [0.15, 0.2) is 46.9 Å².